The molecule has 10 heteroatoms. The fourth-order valence-electron chi connectivity index (χ4n) is 4.54. The zero-order chi connectivity index (χ0) is 26.1. The summed E-state index contributed by atoms with van der Waals surface area (Å²) in [7, 11) is -8.25. The summed E-state index contributed by atoms with van der Waals surface area (Å²) in [6, 6.07) is 16.3. The zero-order valence-electron chi connectivity index (χ0n) is 20.1. The minimum absolute atomic E-state index is 0.00259. The predicted molar refractivity (Wildman–Crippen MR) is 139 cm³/mol. The average molecular weight is 548 g/mol. The van der Waals surface area contributed by atoms with Gasteiger partial charge in [-0.1, -0.05) is 54.9 Å². The molecule has 7 nitrogen and oxygen atoms in total. The minimum Gasteiger partial charge on any atom is -0.461 e. The highest BCUT2D eigenvalue weighted by atomic mass is 35.5. The summed E-state index contributed by atoms with van der Waals surface area (Å²) in [5.74, 6) is -2.17. The molecule has 0 amide bonds. The molecule has 3 atom stereocenters. The van der Waals surface area contributed by atoms with Crippen molar-refractivity contribution in [1.29, 1.82) is 0 Å². The molecule has 0 bridgehead atoms. The second-order valence-electron chi connectivity index (χ2n) is 8.25. The molecule has 3 unspecified atom stereocenters. The van der Waals surface area contributed by atoms with Crippen LogP contribution in [-0.2, 0) is 28.6 Å². The van der Waals surface area contributed by atoms with Gasteiger partial charge in [0, 0.05) is 27.9 Å². The summed E-state index contributed by atoms with van der Waals surface area (Å²) in [4.78, 5) is 13.5. The number of rotatable bonds is 8. The van der Waals surface area contributed by atoms with Gasteiger partial charge in [-0.3, -0.25) is 4.57 Å². The van der Waals surface area contributed by atoms with Crippen molar-refractivity contribution in [2.75, 3.05) is 13.2 Å². The van der Waals surface area contributed by atoms with Crippen molar-refractivity contribution in [3.63, 3.8) is 0 Å². The molecule has 4 rings (SSSR count). The highest BCUT2D eigenvalue weighted by Gasteiger charge is 2.55. The van der Waals surface area contributed by atoms with E-state index >= 15 is 0 Å². The van der Waals surface area contributed by atoms with Gasteiger partial charge in [0.25, 0.3) is 17.4 Å². The summed E-state index contributed by atoms with van der Waals surface area (Å²) < 4.78 is 55.1. The molecule has 36 heavy (non-hydrogen) atoms. The Bertz CT molecular complexity index is 1400. The molecule has 190 valence electrons. The van der Waals surface area contributed by atoms with Gasteiger partial charge in [-0.15, -0.1) is 0 Å². The molecule has 1 aliphatic carbocycles. The van der Waals surface area contributed by atoms with Crippen LogP contribution in [0, 0.1) is 11.8 Å². The number of hydrogen-bond donors (Lipinski definition) is 0. The lowest BCUT2D eigenvalue weighted by molar-refractivity contribution is -0.139. The van der Waals surface area contributed by atoms with Crippen LogP contribution in [0.15, 0.2) is 99.5 Å². The number of halogens is 1. The summed E-state index contributed by atoms with van der Waals surface area (Å²) in [6.45, 7) is 5.19. The van der Waals surface area contributed by atoms with Gasteiger partial charge in [-0.2, -0.15) is 0 Å². The van der Waals surface area contributed by atoms with E-state index in [1.54, 1.807) is 81.5 Å². The van der Waals surface area contributed by atoms with Gasteiger partial charge in [0.2, 0.25) is 0 Å². The Labute approximate surface area is 216 Å². The summed E-state index contributed by atoms with van der Waals surface area (Å²) >= 11 is 6.52. The monoisotopic (exact) mass is 547 g/mol. The van der Waals surface area contributed by atoms with E-state index in [4.69, 9.17) is 20.9 Å². The average Bonchev–Trinajstić information content (AvgIpc) is 3.25. The lowest BCUT2D eigenvalue weighted by Crippen LogP contribution is -2.33. The fourth-order valence-corrected chi connectivity index (χ4v) is 9.06. The molecule has 0 spiro atoms. The van der Waals surface area contributed by atoms with Gasteiger partial charge >= 0.3 is 5.97 Å². The molecule has 0 N–H and O–H groups in total. The van der Waals surface area contributed by atoms with Gasteiger partial charge in [0.05, 0.1) is 23.4 Å². The topological polar surface area (TPSA) is 90.0 Å². The van der Waals surface area contributed by atoms with E-state index < -0.39 is 35.2 Å². The van der Waals surface area contributed by atoms with Crippen molar-refractivity contribution in [3.05, 3.63) is 94.6 Å². The Hall–Kier alpha value is -2.64. The molecule has 2 aliphatic rings. The van der Waals surface area contributed by atoms with Crippen LogP contribution in [0.5, 0.6) is 0 Å². The molecule has 0 fully saturated rings. The number of sulfonamides is 1. The second kappa shape index (κ2) is 10.4. The van der Waals surface area contributed by atoms with E-state index in [-0.39, 0.29) is 34.8 Å². The van der Waals surface area contributed by atoms with Crippen molar-refractivity contribution in [2.24, 2.45) is 11.8 Å². The Morgan fingerprint density at radius 2 is 1.61 bits per heavy atom. The Morgan fingerprint density at radius 3 is 2.19 bits per heavy atom. The molecule has 1 heterocycles. The highest BCUT2D eigenvalue weighted by molar-refractivity contribution is 7.89. The third-order valence-electron chi connectivity index (χ3n) is 6.12. The number of fused-ring (bicyclic) bond motifs is 1. The number of nitrogens with zero attached hydrogens (tertiary/aromatic N) is 1. The van der Waals surface area contributed by atoms with Crippen LogP contribution in [0.3, 0.4) is 0 Å². The SMILES string of the molecule is CCOC(=O)C1=C(P(=O)(OCC)c2ccccc2)C2C(=CC=C(Cl)C2C)N1S(=O)(=O)c1ccccc1. The smallest absolute Gasteiger partial charge is 0.356 e. The van der Waals surface area contributed by atoms with Crippen LogP contribution in [0.1, 0.15) is 20.8 Å². The van der Waals surface area contributed by atoms with Crippen molar-refractivity contribution in [1.82, 2.24) is 4.31 Å². The first kappa shape index (κ1) is 26.4. The molecule has 0 saturated heterocycles. The minimum atomic E-state index is -4.30. The first-order valence-electron chi connectivity index (χ1n) is 11.6. The molecule has 0 radical (unpaired) electrons. The number of benzene rings is 2. The Morgan fingerprint density at radius 1 is 1.00 bits per heavy atom. The van der Waals surface area contributed by atoms with E-state index in [2.05, 4.69) is 0 Å². The molecule has 0 aromatic heterocycles. The molecule has 2 aromatic rings. The maximum Gasteiger partial charge on any atom is 0.356 e. The first-order chi connectivity index (χ1) is 17.2. The zero-order valence-corrected chi connectivity index (χ0v) is 22.6. The van der Waals surface area contributed by atoms with Crippen LogP contribution >= 0.6 is 19.0 Å². The number of allylic oxidation sites excluding steroid dienone is 4. The Kier molecular flexibility index (Phi) is 7.62. The number of ether oxygens (including phenoxy) is 1. The van der Waals surface area contributed by atoms with Crippen molar-refractivity contribution in [2.45, 2.75) is 25.7 Å². The van der Waals surface area contributed by atoms with E-state index in [0.717, 1.165) is 4.31 Å². The number of esters is 1. The van der Waals surface area contributed by atoms with Crippen molar-refractivity contribution >= 4 is 40.3 Å². The summed E-state index contributed by atoms with van der Waals surface area (Å²) in [5.41, 5.74) is -0.0473. The Balaban J connectivity index is 2.11. The molecule has 0 saturated carbocycles. The summed E-state index contributed by atoms with van der Waals surface area (Å²) in [5, 5.41) is 0.859. The molecule has 1 aliphatic heterocycles. The lowest BCUT2D eigenvalue weighted by Gasteiger charge is -2.31. The van der Waals surface area contributed by atoms with E-state index in [0.29, 0.717) is 10.3 Å². The van der Waals surface area contributed by atoms with Crippen LogP contribution in [0.2, 0.25) is 0 Å². The number of carbonyl (C=O) groups excluding carboxylic acids is 1. The first-order valence-corrected chi connectivity index (χ1v) is 15.0. The molecular formula is C26H27ClNO6PS. The maximum atomic E-state index is 14.9. The quantitative estimate of drug-likeness (QED) is 0.326. The van der Waals surface area contributed by atoms with Crippen LogP contribution in [-0.4, -0.2) is 31.9 Å². The summed E-state index contributed by atoms with van der Waals surface area (Å²) in [6.07, 6.45) is 3.16. The van der Waals surface area contributed by atoms with Gasteiger partial charge in [-0.05, 0) is 50.3 Å². The maximum absolute atomic E-state index is 14.9. The van der Waals surface area contributed by atoms with Crippen molar-refractivity contribution in [3.8, 4) is 0 Å². The fraction of sp³-hybridized carbons (Fsp3) is 0.269. The standard InChI is InChI=1S/C26H27ClNO6PS/c1-4-33-26(29)24-25(35(30,34-5-2)19-12-8-6-9-13-19)23-18(3)21(27)16-17-22(23)28(24)36(31,32)20-14-10-7-11-15-20/h6-18,23H,4-5H2,1-3H3. The largest absolute Gasteiger partial charge is 0.461 e. The van der Waals surface area contributed by atoms with Gasteiger partial charge < -0.3 is 9.26 Å². The van der Waals surface area contributed by atoms with E-state index in [9.17, 15) is 17.8 Å². The number of carbonyl (C=O) groups is 1. The second-order valence-corrected chi connectivity index (χ2v) is 12.8. The predicted octanol–water partition coefficient (Wildman–Crippen LogP) is 5.38. The van der Waals surface area contributed by atoms with E-state index in [1.165, 1.54) is 12.1 Å². The van der Waals surface area contributed by atoms with Crippen LogP contribution in [0.25, 0.3) is 0 Å². The van der Waals surface area contributed by atoms with E-state index in [1.807, 2.05) is 0 Å². The highest BCUT2D eigenvalue weighted by Crippen LogP contribution is 2.65. The number of hydrogen-bond acceptors (Lipinski definition) is 6. The van der Waals surface area contributed by atoms with Crippen LogP contribution < -0.4 is 5.30 Å². The molecular weight excluding hydrogens is 521 g/mol. The third-order valence-corrected chi connectivity index (χ3v) is 11.1. The van der Waals surface area contributed by atoms with Gasteiger partial charge in [-0.25, -0.2) is 17.5 Å². The molecule has 2 aromatic carbocycles. The van der Waals surface area contributed by atoms with Gasteiger partial charge in [0.15, 0.2) is 5.70 Å². The van der Waals surface area contributed by atoms with Crippen molar-refractivity contribution < 1.29 is 27.0 Å². The normalized spacial score (nSPS) is 21.4. The lowest BCUT2D eigenvalue weighted by atomic mass is 9.88. The van der Waals surface area contributed by atoms with Crippen LogP contribution in [0.4, 0.5) is 0 Å². The van der Waals surface area contributed by atoms with Gasteiger partial charge in [0.1, 0.15) is 0 Å². The third kappa shape index (κ3) is 4.37.